The van der Waals surface area contributed by atoms with Gasteiger partial charge in [-0.1, -0.05) is 30.3 Å². The summed E-state index contributed by atoms with van der Waals surface area (Å²) in [5, 5.41) is 5.26. The Morgan fingerprint density at radius 2 is 2.11 bits per heavy atom. The van der Waals surface area contributed by atoms with Gasteiger partial charge in [0.1, 0.15) is 11.8 Å². The van der Waals surface area contributed by atoms with E-state index in [1.165, 1.54) is 0 Å². The minimum atomic E-state index is -1.24. The van der Waals surface area contributed by atoms with Crippen LogP contribution in [0.1, 0.15) is 5.56 Å². The van der Waals surface area contributed by atoms with E-state index in [1.54, 1.807) is 0 Å². The number of hydrogen-bond donors (Lipinski definition) is 2. The summed E-state index contributed by atoms with van der Waals surface area (Å²) in [6.45, 7) is 0.401. The fraction of sp³-hybridized carbons (Fsp3) is 0.333. The number of nitrogens with one attached hydrogen (secondary N) is 2. The largest absolute Gasteiger partial charge is 0.350 e. The Bertz CT molecular complexity index is 459. The van der Waals surface area contributed by atoms with Crippen molar-refractivity contribution in [3.63, 3.8) is 0 Å². The van der Waals surface area contributed by atoms with Crippen molar-refractivity contribution in [1.82, 2.24) is 10.6 Å². The van der Waals surface area contributed by atoms with Gasteiger partial charge in [-0.15, -0.1) is 0 Å². The highest BCUT2D eigenvalue weighted by Crippen LogP contribution is 2.01. The monoisotopic (exact) mass is 266 g/mol. The third kappa shape index (κ3) is 3.40. The lowest BCUT2D eigenvalue weighted by atomic mass is 10.2. The molecule has 1 heterocycles. The van der Waals surface area contributed by atoms with Gasteiger partial charge < -0.3 is 10.6 Å². The van der Waals surface area contributed by atoms with Crippen molar-refractivity contribution >= 4 is 22.6 Å². The van der Waals surface area contributed by atoms with Gasteiger partial charge >= 0.3 is 0 Å². The molecule has 2 amide bonds. The molecule has 5 nitrogen and oxygen atoms in total. The third-order valence-corrected chi connectivity index (χ3v) is 3.90. The summed E-state index contributed by atoms with van der Waals surface area (Å²) >= 11 is 0. The molecule has 6 heteroatoms. The molecule has 2 unspecified atom stereocenters. The molecule has 1 aliphatic heterocycles. The van der Waals surface area contributed by atoms with Crippen molar-refractivity contribution in [2.45, 2.75) is 12.6 Å². The van der Waals surface area contributed by atoms with Crippen LogP contribution in [0.2, 0.25) is 0 Å². The Morgan fingerprint density at radius 1 is 1.39 bits per heavy atom. The molecular formula is C12H14N2O3S. The molecule has 0 spiro atoms. The Morgan fingerprint density at radius 3 is 2.78 bits per heavy atom. The molecule has 18 heavy (non-hydrogen) atoms. The van der Waals surface area contributed by atoms with Crippen LogP contribution < -0.4 is 10.6 Å². The Hall–Kier alpha value is -1.69. The van der Waals surface area contributed by atoms with E-state index in [1.807, 2.05) is 30.3 Å². The maximum atomic E-state index is 11.8. The summed E-state index contributed by atoms with van der Waals surface area (Å²) in [5.74, 6) is -0.450. The highest BCUT2D eigenvalue weighted by molar-refractivity contribution is 7.85. The first-order valence-electron chi connectivity index (χ1n) is 5.61. The molecule has 0 aliphatic carbocycles. The maximum absolute atomic E-state index is 11.8. The van der Waals surface area contributed by atoms with Gasteiger partial charge in [-0.05, 0) is 5.56 Å². The molecule has 1 aromatic carbocycles. The molecule has 1 saturated heterocycles. The van der Waals surface area contributed by atoms with Gasteiger partial charge in [0.2, 0.25) is 11.8 Å². The summed E-state index contributed by atoms with van der Waals surface area (Å²) in [7, 11) is -1.24. The van der Waals surface area contributed by atoms with Crippen LogP contribution in [0.4, 0.5) is 0 Å². The second-order valence-corrected chi connectivity index (χ2v) is 5.58. The minimum absolute atomic E-state index is 0.0114. The molecule has 2 rings (SSSR count). The average molecular weight is 266 g/mol. The number of amides is 2. The zero-order valence-corrected chi connectivity index (χ0v) is 10.5. The second kappa shape index (κ2) is 5.77. The molecule has 1 aliphatic rings. The molecule has 0 aromatic heterocycles. The van der Waals surface area contributed by atoms with Gasteiger partial charge in [-0.3, -0.25) is 13.8 Å². The van der Waals surface area contributed by atoms with E-state index >= 15 is 0 Å². The zero-order chi connectivity index (χ0) is 13.0. The van der Waals surface area contributed by atoms with E-state index in [-0.39, 0.29) is 23.3 Å². The van der Waals surface area contributed by atoms with E-state index in [9.17, 15) is 13.8 Å². The Labute approximate surface area is 107 Å². The number of rotatable bonds is 3. The highest BCUT2D eigenvalue weighted by Gasteiger charge is 2.28. The molecule has 96 valence electrons. The van der Waals surface area contributed by atoms with Crippen LogP contribution in [-0.2, 0) is 26.9 Å². The molecule has 0 bridgehead atoms. The molecule has 2 N–H and O–H groups in total. The lowest BCUT2D eigenvalue weighted by molar-refractivity contribution is -0.127. The van der Waals surface area contributed by atoms with Crippen molar-refractivity contribution in [1.29, 1.82) is 0 Å². The molecular weight excluding hydrogens is 252 g/mol. The van der Waals surface area contributed by atoms with Crippen molar-refractivity contribution in [3.8, 4) is 0 Å². The number of benzene rings is 1. The van der Waals surface area contributed by atoms with Crippen molar-refractivity contribution in [3.05, 3.63) is 35.9 Å². The molecule has 2 atom stereocenters. The van der Waals surface area contributed by atoms with Crippen LogP contribution in [-0.4, -0.2) is 33.6 Å². The fourth-order valence-electron chi connectivity index (χ4n) is 1.72. The molecule has 0 saturated carbocycles. The van der Waals surface area contributed by atoms with Crippen LogP contribution in [0.25, 0.3) is 0 Å². The van der Waals surface area contributed by atoms with Gasteiger partial charge in [0.15, 0.2) is 0 Å². The molecule has 1 fully saturated rings. The van der Waals surface area contributed by atoms with Crippen molar-refractivity contribution < 1.29 is 13.8 Å². The van der Waals surface area contributed by atoms with E-state index < -0.39 is 16.8 Å². The topological polar surface area (TPSA) is 75.3 Å². The van der Waals surface area contributed by atoms with Gasteiger partial charge in [0.25, 0.3) is 0 Å². The first-order chi connectivity index (χ1) is 8.65. The second-order valence-electron chi connectivity index (χ2n) is 4.07. The van der Waals surface area contributed by atoms with Crippen LogP contribution >= 0.6 is 0 Å². The number of carbonyl (C=O) groups is 2. The quantitative estimate of drug-likeness (QED) is 0.778. The Kier molecular flexibility index (Phi) is 4.09. The first-order valence-corrected chi connectivity index (χ1v) is 7.10. The van der Waals surface area contributed by atoms with E-state index in [0.717, 1.165) is 5.56 Å². The average Bonchev–Trinajstić information content (AvgIpc) is 2.36. The van der Waals surface area contributed by atoms with Crippen molar-refractivity contribution in [2.75, 3.05) is 11.5 Å². The summed E-state index contributed by atoms with van der Waals surface area (Å²) in [6.07, 6.45) is 0. The van der Waals surface area contributed by atoms with E-state index in [0.29, 0.717) is 6.54 Å². The van der Waals surface area contributed by atoms with Crippen molar-refractivity contribution in [2.24, 2.45) is 0 Å². The minimum Gasteiger partial charge on any atom is -0.350 e. The normalized spacial score (nSPS) is 23.2. The van der Waals surface area contributed by atoms with Gasteiger partial charge in [-0.25, -0.2) is 0 Å². The van der Waals surface area contributed by atoms with Gasteiger partial charge in [0.05, 0.1) is 5.75 Å². The fourth-order valence-corrected chi connectivity index (χ4v) is 2.82. The highest BCUT2D eigenvalue weighted by atomic mass is 32.2. The first kappa shape index (κ1) is 12.8. The van der Waals surface area contributed by atoms with Crippen LogP contribution in [0.15, 0.2) is 30.3 Å². The van der Waals surface area contributed by atoms with Gasteiger partial charge in [-0.2, -0.15) is 0 Å². The van der Waals surface area contributed by atoms with Crippen LogP contribution in [0.5, 0.6) is 0 Å². The van der Waals surface area contributed by atoms with Crippen LogP contribution in [0, 0.1) is 0 Å². The summed E-state index contributed by atoms with van der Waals surface area (Å²) < 4.78 is 11.3. The predicted molar refractivity (Wildman–Crippen MR) is 68.1 cm³/mol. The zero-order valence-electron chi connectivity index (χ0n) is 9.72. The van der Waals surface area contributed by atoms with Gasteiger partial charge in [0, 0.05) is 17.3 Å². The van der Waals surface area contributed by atoms with Crippen LogP contribution in [0.3, 0.4) is 0 Å². The summed E-state index contributed by atoms with van der Waals surface area (Å²) in [6, 6.07) is 8.79. The smallest absolute Gasteiger partial charge is 0.243 e. The van der Waals surface area contributed by atoms with E-state index in [2.05, 4.69) is 10.6 Å². The number of hydrogen-bond acceptors (Lipinski definition) is 3. The SMILES string of the molecule is O=C1CS(=O)CC(C(=O)NCc2ccccc2)N1. The summed E-state index contributed by atoms with van der Waals surface area (Å²) in [4.78, 5) is 23.0. The maximum Gasteiger partial charge on any atom is 0.243 e. The predicted octanol–water partition coefficient (Wildman–Crippen LogP) is -0.450. The molecule has 0 radical (unpaired) electrons. The third-order valence-electron chi connectivity index (χ3n) is 2.61. The summed E-state index contributed by atoms with van der Waals surface area (Å²) in [5.41, 5.74) is 0.981. The lowest BCUT2D eigenvalue weighted by Crippen LogP contribution is -2.54. The lowest BCUT2D eigenvalue weighted by Gasteiger charge is -2.22. The van der Waals surface area contributed by atoms with E-state index in [4.69, 9.17) is 0 Å². The number of carbonyl (C=O) groups excluding carboxylic acids is 2. The standard InChI is InChI=1S/C12H14N2O3S/c15-11-8-18(17)7-10(14-11)12(16)13-6-9-4-2-1-3-5-9/h1-5,10H,6-8H2,(H,13,16)(H,14,15). The Balaban J connectivity index is 1.88. The molecule has 1 aromatic rings.